The highest BCUT2D eigenvalue weighted by atomic mass is 32.1. The number of rotatable bonds is 4. The summed E-state index contributed by atoms with van der Waals surface area (Å²) in [6.07, 6.45) is 5.81. The van der Waals surface area contributed by atoms with E-state index in [-0.39, 0.29) is 17.6 Å². The van der Waals surface area contributed by atoms with E-state index in [0.717, 1.165) is 23.7 Å². The van der Waals surface area contributed by atoms with Gasteiger partial charge < -0.3 is 10.1 Å². The molecule has 1 aliphatic heterocycles. The first-order valence-electron chi connectivity index (χ1n) is 8.70. The molecule has 0 spiro atoms. The molecular formula is C17H20N4O2S. The van der Waals surface area contributed by atoms with Crippen molar-refractivity contribution >= 4 is 16.5 Å². The smallest absolute Gasteiger partial charge is 0.267 e. The highest BCUT2D eigenvalue weighted by Gasteiger charge is 2.34. The number of nitrogens with zero attached hydrogens (tertiary/aromatic N) is 3. The van der Waals surface area contributed by atoms with Crippen LogP contribution >= 0.6 is 11.3 Å². The second-order valence-corrected chi connectivity index (χ2v) is 8.00. The Kier molecular flexibility index (Phi) is 3.45. The third kappa shape index (κ3) is 2.56. The molecule has 3 heterocycles. The molecule has 0 bridgehead atoms. The second kappa shape index (κ2) is 5.67. The number of nitrogens with one attached hydrogen (secondary N) is 1. The predicted octanol–water partition coefficient (Wildman–Crippen LogP) is 2.12. The Morgan fingerprint density at radius 3 is 3.00 bits per heavy atom. The summed E-state index contributed by atoms with van der Waals surface area (Å²) in [4.78, 5) is 18.4. The summed E-state index contributed by atoms with van der Waals surface area (Å²) in [5.74, 6) is 0.535. The fraction of sp³-hybridized carbons (Fsp3) is 0.588. The normalized spacial score (nSPS) is 25.8. The van der Waals surface area contributed by atoms with Gasteiger partial charge in [-0.15, -0.1) is 11.3 Å². The molecule has 2 aliphatic carbocycles. The molecule has 2 unspecified atom stereocenters. The van der Waals surface area contributed by atoms with Crippen LogP contribution in [0, 0.1) is 0 Å². The van der Waals surface area contributed by atoms with Crippen molar-refractivity contribution in [2.24, 2.45) is 0 Å². The first-order valence-corrected chi connectivity index (χ1v) is 9.52. The van der Waals surface area contributed by atoms with Gasteiger partial charge in [0.05, 0.1) is 30.6 Å². The number of aromatic nitrogens is 3. The largest absolute Gasteiger partial charge is 0.377 e. The van der Waals surface area contributed by atoms with Gasteiger partial charge in [-0.2, -0.15) is 5.10 Å². The van der Waals surface area contributed by atoms with Gasteiger partial charge in [-0.05, 0) is 38.2 Å². The Morgan fingerprint density at radius 2 is 2.17 bits per heavy atom. The lowest BCUT2D eigenvalue weighted by Crippen LogP contribution is -2.37. The molecule has 5 rings (SSSR count). The molecule has 6 nitrogen and oxygen atoms in total. The van der Waals surface area contributed by atoms with Crippen LogP contribution in [0.4, 0.5) is 5.13 Å². The molecule has 2 aromatic heterocycles. The van der Waals surface area contributed by atoms with E-state index in [1.165, 1.54) is 29.8 Å². The van der Waals surface area contributed by atoms with Gasteiger partial charge in [-0.3, -0.25) is 4.79 Å². The maximum absolute atomic E-state index is 12.3. The van der Waals surface area contributed by atoms with E-state index in [1.54, 1.807) is 22.1 Å². The Hall–Kier alpha value is -1.73. The van der Waals surface area contributed by atoms with Crippen LogP contribution in [0.3, 0.4) is 0 Å². The number of thiazole rings is 1. The van der Waals surface area contributed by atoms with Crippen LogP contribution in [0.5, 0.6) is 0 Å². The summed E-state index contributed by atoms with van der Waals surface area (Å²) >= 11 is 1.74. The minimum absolute atomic E-state index is 0.0379. The van der Waals surface area contributed by atoms with Gasteiger partial charge in [0, 0.05) is 16.9 Å². The van der Waals surface area contributed by atoms with Crippen LogP contribution in [-0.4, -0.2) is 34.0 Å². The van der Waals surface area contributed by atoms with Crippen molar-refractivity contribution in [3.63, 3.8) is 0 Å². The third-order valence-corrected chi connectivity index (χ3v) is 6.20. The topological polar surface area (TPSA) is 69.0 Å². The first-order chi connectivity index (χ1) is 11.8. The average Bonchev–Trinajstić information content (AvgIpc) is 2.98. The Balaban J connectivity index is 1.40. The molecule has 3 aliphatic rings. The van der Waals surface area contributed by atoms with E-state index in [9.17, 15) is 4.79 Å². The fourth-order valence-electron chi connectivity index (χ4n) is 3.61. The van der Waals surface area contributed by atoms with Crippen molar-refractivity contribution in [3.8, 4) is 0 Å². The second-order valence-electron chi connectivity index (χ2n) is 6.91. The van der Waals surface area contributed by atoms with Gasteiger partial charge in [0.2, 0.25) is 0 Å². The zero-order valence-electron chi connectivity index (χ0n) is 13.4. The highest BCUT2D eigenvalue weighted by Crippen LogP contribution is 2.38. The van der Waals surface area contributed by atoms with Crippen molar-refractivity contribution in [2.45, 2.75) is 50.1 Å². The monoisotopic (exact) mass is 344 g/mol. The lowest BCUT2D eigenvalue weighted by molar-refractivity contribution is 0.182. The molecule has 7 heteroatoms. The minimum atomic E-state index is -0.0741. The summed E-state index contributed by atoms with van der Waals surface area (Å²) in [5.41, 5.74) is 2.22. The number of anilines is 1. The number of fused-ring (bicyclic) bond motifs is 1. The van der Waals surface area contributed by atoms with E-state index in [4.69, 9.17) is 9.72 Å². The number of ether oxygens (including phenoxy) is 1. The molecular weight excluding hydrogens is 324 g/mol. The maximum atomic E-state index is 12.3. The minimum Gasteiger partial charge on any atom is -0.377 e. The van der Waals surface area contributed by atoms with E-state index >= 15 is 0 Å². The third-order valence-electron chi connectivity index (χ3n) is 5.11. The average molecular weight is 344 g/mol. The van der Waals surface area contributed by atoms with Crippen molar-refractivity contribution in [3.05, 3.63) is 38.8 Å². The molecule has 1 saturated heterocycles. The van der Waals surface area contributed by atoms with E-state index in [1.807, 2.05) is 6.07 Å². The van der Waals surface area contributed by atoms with Gasteiger partial charge in [-0.1, -0.05) is 0 Å². The van der Waals surface area contributed by atoms with Gasteiger partial charge >= 0.3 is 0 Å². The maximum Gasteiger partial charge on any atom is 0.267 e. The summed E-state index contributed by atoms with van der Waals surface area (Å²) in [5, 5.41) is 9.07. The standard InChI is InChI=1S/C17H20N4O2S/c22-16-7-6-11(10-4-5-10)20-21(16)14-9-23-8-13(14)19-17-18-12-2-1-3-15(12)24-17/h6-7,10,13-14H,1-5,8-9H2,(H,18,19). The van der Waals surface area contributed by atoms with Crippen molar-refractivity contribution in [1.29, 1.82) is 0 Å². The molecule has 0 amide bonds. The molecule has 0 radical (unpaired) electrons. The molecule has 2 aromatic rings. The number of hydrogen-bond acceptors (Lipinski definition) is 6. The molecule has 2 fully saturated rings. The lowest BCUT2D eigenvalue weighted by Gasteiger charge is -2.20. The summed E-state index contributed by atoms with van der Waals surface area (Å²) in [6, 6.07) is 3.49. The van der Waals surface area contributed by atoms with E-state index in [2.05, 4.69) is 10.4 Å². The molecule has 2 atom stereocenters. The molecule has 0 aromatic carbocycles. The van der Waals surface area contributed by atoms with Crippen molar-refractivity contribution in [2.75, 3.05) is 18.5 Å². The van der Waals surface area contributed by atoms with E-state index in [0.29, 0.717) is 19.1 Å². The quantitative estimate of drug-likeness (QED) is 0.920. The van der Waals surface area contributed by atoms with Crippen LogP contribution in [-0.2, 0) is 17.6 Å². The number of aryl methyl sites for hydroxylation is 2. The fourth-order valence-corrected chi connectivity index (χ4v) is 4.72. The molecule has 1 saturated carbocycles. The zero-order valence-corrected chi connectivity index (χ0v) is 14.2. The van der Waals surface area contributed by atoms with Crippen LogP contribution < -0.4 is 10.9 Å². The predicted molar refractivity (Wildman–Crippen MR) is 91.9 cm³/mol. The van der Waals surface area contributed by atoms with E-state index < -0.39 is 0 Å². The summed E-state index contributed by atoms with van der Waals surface area (Å²) < 4.78 is 7.28. The highest BCUT2D eigenvalue weighted by molar-refractivity contribution is 7.15. The van der Waals surface area contributed by atoms with Gasteiger partial charge in [0.1, 0.15) is 6.04 Å². The zero-order chi connectivity index (χ0) is 16.1. The molecule has 24 heavy (non-hydrogen) atoms. The summed E-state index contributed by atoms with van der Waals surface area (Å²) in [6.45, 7) is 1.10. The van der Waals surface area contributed by atoms with Gasteiger partial charge in [0.25, 0.3) is 5.56 Å². The Bertz CT molecular complexity index is 805. The lowest BCUT2D eigenvalue weighted by atomic mass is 10.2. The van der Waals surface area contributed by atoms with Crippen LogP contribution in [0.25, 0.3) is 0 Å². The first kappa shape index (κ1) is 14.6. The van der Waals surface area contributed by atoms with Crippen LogP contribution in [0.2, 0.25) is 0 Å². The van der Waals surface area contributed by atoms with Crippen molar-refractivity contribution < 1.29 is 4.74 Å². The molecule has 126 valence electrons. The van der Waals surface area contributed by atoms with Gasteiger partial charge in [0.15, 0.2) is 5.13 Å². The Morgan fingerprint density at radius 1 is 1.25 bits per heavy atom. The Labute approximate surface area is 143 Å². The molecule has 1 N–H and O–H groups in total. The summed E-state index contributed by atoms with van der Waals surface area (Å²) in [7, 11) is 0. The van der Waals surface area contributed by atoms with Crippen molar-refractivity contribution in [1.82, 2.24) is 14.8 Å². The SMILES string of the molecule is O=c1ccc(C2CC2)nn1C1COCC1Nc1nc2c(s1)CCC2. The number of hydrogen-bond donors (Lipinski definition) is 1. The van der Waals surface area contributed by atoms with Crippen LogP contribution in [0.1, 0.15) is 47.5 Å². The van der Waals surface area contributed by atoms with Gasteiger partial charge in [-0.25, -0.2) is 9.67 Å². The van der Waals surface area contributed by atoms with Crippen LogP contribution in [0.15, 0.2) is 16.9 Å².